The molecule has 1 unspecified atom stereocenters. The fourth-order valence-corrected chi connectivity index (χ4v) is 1.16. The number of benzene rings is 1. The third-order valence-corrected chi connectivity index (χ3v) is 2.63. The zero-order valence-electron chi connectivity index (χ0n) is 9.45. The molecule has 1 atom stereocenters. The number of anilines is 2. The molecule has 0 saturated heterocycles. The van der Waals surface area contributed by atoms with E-state index in [1.54, 1.807) is 12.1 Å². The molecular weight excluding hydrogens is 188 g/mol. The summed E-state index contributed by atoms with van der Waals surface area (Å²) >= 11 is 0. The highest BCUT2D eigenvalue weighted by Crippen LogP contribution is 2.19. The van der Waals surface area contributed by atoms with Crippen LogP contribution in [-0.2, 0) is 4.79 Å². The predicted octanol–water partition coefficient (Wildman–Crippen LogP) is 2.50. The van der Waals surface area contributed by atoms with Gasteiger partial charge in [-0.25, -0.2) is 0 Å². The summed E-state index contributed by atoms with van der Waals surface area (Å²) in [6.45, 7) is 5.97. The summed E-state index contributed by atoms with van der Waals surface area (Å²) in [4.78, 5) is 11.7. The van der Waals surface area contributed by atoms with Crippen molar-refractivity contribution in [3.63, 3.8) is 0 Å². The van der Waals surface area contributed by atoms with E-state index in [9.17, 15) is 4.79 Å². The molecule has 0 aliphatic heterocycles. The second-order valence-corrected chi connectivity index (χ2v) is 4.11. The van der Waals surface area contributed by atoms with Gasteiger partial charge in [0.1, 0.15) is 0 Å². The normalized spacial score (nSPS) is 12.5. The van der Waals surface area contributed by atoms with Crippen molar-refractivity contribution in [3.05, 3.63) is 24.3 Å². The van der Waals surface area contributed by atoms with Crippen molar-refractivity contribution in [1.29, 1.82) is 0 Å². The van der Waals surface area contributed by atoms with Gasteiger partial charge in [0.15, 0.2) is 0 Å². The van der Waals surface area contributed by atoms with Crippen molar-refractivity contribution < 1.29 is 4.79 Å². The molecule has 0 aromatic heterocycles. The fourth-order valence-electron chi connectivity index (χ4n) is 1.16. The minimum absolute atomic E-state index is 0.00962. The first kappa shape index (κ1) is 11.6. The van der Waals surface area contributed by atoms with E-state index in [0.717, 1.165) is 0 Å². The SMILES string of the molecule is CC(C)C(C)C(=O)Nc1ccccc1N. The molecule has 15 heavy (non-hydrogen) atoms. The zero-order chi connectivity index (χ0) is 11.4. The molecule has 0 heterocycles. The maximum atomic E-state index is 11.7. The first-order valence-corrected chi connectivity index (χ1v) is 5.17. The molecule has 1 amide bonds. The Labute approximate surface area is 90.7 Å². The maximum Gasteiger partial charge on any atom is 0.227 e. The van der Waals surface area contributed by atoms with E-state index in [0.29, 0.717) is 17.3 Å². The van der Waals surface area contributed by atoms with Crippen molar-refractivity contribution in [2.24, 2.45) is 11.8 Å². The molecule has 0 aliphatic carbocycles. The first-order chi connectivity index (χ1) is 7.02. The minimum atomic E-state index is -0.00962. The molecule has 1 aromatic rings. The molecule has 3 nitrogen and oxygen atoms in total. The summed E-state index contributed by atoms with van der Waals surface area (Å²) < 4.78 is 0. The second kappa shape index (κ2) is 4.82. The quantitative estimate of drug-likeness (QED) is 0.746. The van der Waals surface area contributed by atoms with Gasteiger partial charge in [-0.1, -0.05) is 32.9 Å². The summed E-state index contributed by atoms with van der Waals surface area (Å²) in [6.07, 6.45) is 0. The number of carbonyl (C=O) groups excluding carboxylic acids is 1. The molecule has 3 heteroatoms. The lowest BCUT2D eigenvalue weighted by Gasteiger charge is -2.16. The van der Waals surface area contributed by atoms with Crippen LogP contribution in [0.4, 0.5) is 11.4 Å². The molecule has 82 valence electrons. The number of nitrogen functional groups attached to an aromatic ring is 1. The monoisotopic (exact) mass is 206 g/mol. The number of hydrogen-bond acceptors (Lipinski definition) is 2. The van der Waals surface area contributed by atoms with Crippen LogP contribution in [0.5, 0.6) is 0 Å². The molecule has 3 N–H and O–H groups in total. The van der Waals surface area contributed by atoms with Gasteiger partial charge in [0.25, 0.3) is 0 Å². The van der Waals surface area contributed by atoms with Crippen molar-refractivity contribution in [3.8, 4) is 0 Å². The molecular formula is C12H18N2O. The predicted molar refractivity (Wildman–Crippen MR) is 63.5 cm³/mol. The molecule has 0 radical (unpaired) electrons. The third-order valence-electron chi connectivity index (χ3n) is 2.63. The van der Waals surface area contributed by atoms with Crippen LogP contribution in [0.2, 0.25) is 0 Å². The lowest BCUT2D eigenvalue weighted by atomic mass is 9.97. The molecule has 0 aliphatic rings. The van der Waals surface area contributed by atoms with Gasteiger partial charge >= 0.3 is 0 Å². The van der Waals surface area contributed by atoms with Crippen LogP contribution in [0.3, 0.4) is 0 Å². The van der Waals surface area contributed by atoms with Crippen LogP contribution in [-0.4, -0.2) is 5.91 Å². The number of nitrogens with two attached hydrogens (primary N) is 1. The lowest BCUT2D eigenvalue weighted by Crippen LogP contribution is -2.24. The average molecular weight is 206 g/mol. The average Bonchev–Trinajstić information content (AvgIpc) is 2.20. The van der Waals surface area contributed by atoms with E-state index in [1.807, 2.05) is 32.9 Å². The number of amides is 1. The van der Waals surface area contributed by atoms with E-state index in [-0.39, 0.29) is 11.8 Å². The van der Waals surface area contributed by atoms with E-state index in [1.165, 1.54) is 0 Å². The Bertz CT molecular complexity index is 347. The highest BCUT2D eigenvalue weighted by Gasteiger charge is 2.16. The van der Waals surface area contributed by atoms with Crippen molar-refractivity contribution in [2.75, 3.05) is 11.1 Å². The summed E-state index contributed by atoms with van der Waals surface area (Å²) in [6, 6.07) is 7.28. The molecule has 0 bridgehead atoms. The standard InChI is InChI=1S/C12H18N2O/c1-8(2)9(3)12(15)14-11-7-5-4-6-10(11)13/h4-9H,13H2,1-3H3,(H,14,15). The van der Waals surface area contributed by atoms with Crippen LogP contribution in [0.15, 0.2) is 24.3 Å². The maximum absolute atomic E-state index is 11.7. The van der Waals surface area contributed by atoms with E-state index in [4.69, 9.17) is 5.73 Å². The summed E-state index contributed by atoms with van der Waals surface area (Å²) in [5, 5.41) is 2.83. The molecule has 0 saturated carbocycles. The summed E-state index contributed by atoms with van der Waals surface area (Å²) in [5.74, 6) is 0.336. The minimum Gasteiger partial charge on any atom is -0.397 e. The number of rotatable bonds is 3. The van der Waals surface area contributed by atoms with Crippen LogP contribution in [0, 0.1) is 11.8 Å². The number of nitrogens with one attached hydrogen (secondary N) is 1. The van der Waals surface area contributed by atoms with Crippen LogP contribution in [0.25, 0.3) is 0 Å². The largest absolute Gasteiger partial charge is 0.397 e. The van der Waals surface area contributed by atoms with Crippen LogP contribution >= 0.6 is 0 Å². The van der Waals surface area contributed by atoms with E-state index < -0.39 is 0 Å². The number of carbonyl (C=O) groups is 1. The Morgan fingerprint density at radius 2 is 1.87 bits per heavy atom. The Balaban J connectivity index is 2.71. The van der Waals surface area contributed by atoms with E-state index >= 15 is 0 Å². The van der Waals surface area contributed by atoms with Gasteiger partial charge in [0, 0.05) is 5.92 Å². The highest BCUT2D eigenvalue weighted by atomic mass is 16.1. The number of para-hydroxylation sites is 2. The Morgan fingerprint density at radius 1 is 1.27 bits per heavy atom. The van der Waals surface area contributed by atoms with E-state index in [2.05, 4.69) is 5.32 Å². The van der Waals surface area contributed by atoms with Crippen LogP contribution in [0.1, 0.15) is 20.8 Å². The fraction of sp³-hybridized carbons (Fsp3) is 0.417. The van der Waals surface area contributed by atoms with Gasteiger partial charge in [-0.05, 0) is 18.1 Å². The van der Waals surface area contributed by atoms with Crippen molar-refractivity contribution in [1.82, 2.24) is 0 Å². The lowest BCUT2D eigenvalue weighted by molar-refractivity contribution is -0.120. The Hall–Kier alpha value is -1.51. The third kappa shape index (κ3) is 2.98. The second-order valence-electron chi connectivity index (χ2n) is 4.11. The van der Waals surface area contributed by atoms with Crippen molar-refractivity contribution in [2.45, 2.75) is 20.8 Å². The smallest absolute Gasteiger partial charge is 0.227 e. The number of hydrogen-bond donors (Lipinski definition) is 2. The van der Waals surface area contributed by atoms with Crippen molar-refractivity contribution >= 4 is 17.3 Å². The highest BCUT2D eigenvalue weighted by molar-refractivity contribution is 5.95. The Morgan fingerprint density at radius 3 is 2.40 bits per heavy atom. The summed E-state index contributed by atoms with van der Waals surface area (Å²) in [7, 11) is 0. The molecule has 1 aromatic carbocycles. The molecule has 1 rings (SSSR count). The van der Waals surface area contributed by atoms with Gasteiger partial charge in [0.2, 0.25) is 5.91 Å². The topological polar surface area (TPSA) is 55.1 Å². The zero-order valence-corrected chi connectivity index (χ0v) is 9.45. The van der Waals surface area contributed by atoms with Gasteiger partial charge < -0.3 is 11.1 Å². The van der Waals surface area contributed by atoms with Gasteiger partial charge in [-0.2, -0.15) is 0 Å². The summed E-state index contributed by atoms with van der Waals surface area (Å²) in [5.41, 5.74) is 7.02. The molecule has 0 fully saturated rings. The Kier molecular flexibility index (Phi) is 3.72. The van der Waals surface area contributed by atoms with Crippen LogP contribution < -0.4 is 11.1 Å². The van der Waals surface area contributed by atoms with Gasteiger partial charge in [0.05, 0.1) is 11.4 Å². The first-order valence-electron chi connectivity index (χ1n) is 5.17. The van der Waals surface area contributed by atoms with Gasteiger partial charge in [-0.15, -0.1) is 0 Å². The van der Waals surface area contributed by atoms with Gasteiger partial charge in [-0.3, -0.25) is 4.79 Å². The molecule has 0 spiro atoms.